The molecule has 19 heteroatoms. The van der Waals surface area contributed by atoms with Gasteiger partial charge in [0.1, 0.15) is 19.3 Å². The average molecular weight is 1530 g/mol. The first-order chi connectivity index (χ1) is 50.9. The van der Waals surface area contributed by atoms with Crippen LogP contribution in [0, 0.1) is 11.8 Å². The smallest absolute Gasteiger partial charge is 0.462 e. The number of unbranched alkanes of at least 4 members (excludes halogenated alkanes) is 50. The van der Waals surface area contributed by atoms with Crippen molar-refractivity contribution in [3.05, 3.63) is 24.3 Å². The van der Waals surface area contributed by atoms with Crippen LogP contribution >= 0.6 is 15.6 Å². The van der Waals surface area contributed by atoms with Crippen LogP contribution in [0.3, 0.4) is 0 Å². The Labute approximate surface area is 643 Å². The van der Waals surface area contributed by atoms with Crippen molar-refractivity contribution in [2.75, 3.05) is 39.6 Å². The van der Waals surface area contributed by atoms with Gasteiger partial charge in [-0.1, -0.05) is 380 Å². The third-order valence-electron chi connectivity index (χ3n) is 19.6. The van der Waals surface area contributed by atoms with E-state index in [1.54, 1.807) is 0 Å². The minimum Gasteiger partial charge on any atom is -0.462 e. The quantitative estimate of drug-likeness (QED) is 0.0169. The summed E-state index contributed by atoms with van der Waals surface area (Å²) in [5, 5.41) is 10.7. The Balaban J connectivity index is 5.25. The lowest BCUT2D eigenvalue weighted by Crippen LogP contribution is -2.30. The molecule has 0 rings (SSSR count). The van der Waals surface area contributed by atoms with Gasteiger partial charge in [-0.2, -0.15) is 0 Å². The van der Waals surface area contributed by atoms with E-state index in [0.717, 1.165) is 115 Å². The van der Waals surface area contributed by atoms with Crippen molar-refractivity contribution >= 4 is 39.5 Å². The lowest BCUT2D eigenvalue weighted by atomic mass is 10.0. The number of hydrogen-bond acceptors (Lipinski definition) is 15. The number of esters is 4. The zero-order valence-electron chi connectivity index (χ0n) is 68.5. The normalized spacial score (nSPS) is 14.0. The van der Waals surface area contributed by atoms with Gasteiger partial charge in [0.05, 0.1) is 26.4 Å². The summed E-state index contributed by atoms with van der Waals surface area (Å²) in [5.74, 6) is -0.614. The maximum Gasteiger partial charge on any atom is 0.472 e. The number of aliphatic hydroxyl groups excluding tert-OH is 1. The van der Waals surface area contributed by atoms with Crippen molar-refractivity contribution in [1.29, 1.82) is 0 Å². The standard InChI is InChI=1S/C86H164O17P2/c1-7-9-11-13-15-17-19-21-23-24-25-29-33-36-40-44-50-56-62-68-83(88)96-74-81(102-85(90)71-65-59-52-46-42-38-34-30-27-26-28-32-35-39-43-48-54-60-66-78(3)4)76-100-104(92,93)98-72-80(87)73-99-105(94,95)101-77-82(75-97-84(89)69-63-57-53-47-49-55-61-67-79(5)6)103-86(91)70-64-58-51-45-41-37-31-22-20-18-16-14-12-10-8-2/h18,20,22,31,78-82,87H,7-17,19,21,23-30,32-77H2,1-6H3,(H,92,93)(H,94,95)/b20-18-,31-22-/t80-,81-,82-/m1/s1. The van der Waals surface area contributed by atoms with Crippen LogP contribution in [0.2, 0.25) is 0 Å². The van der Waals surface area contributed by atoms with Gasteiger partial charge in [0.15, 0.2) is 12.2 Å². The van der Waals surface area contributed by atoms with Gasteiger partial charge >= 0.3 is 39.5 Å². The molecule has 0 aliphatic rings. The summed E-state index contributed by atoms with van der Waals surface area (Å²) in [7, 11) is -9.94. The maximum absolute atomic E-state index is 13.1. The Bertz CT molecular complexity index is 2110. The molecule has 3 N–H and O–H groups in total. The van der Waals surface area contributed by atoms with Crippen LogP contribution in [0.1, 0.15) is 433 Å². The van der Waals surface area contributed by atoms with Crippen molar-refractivity contribution in [2.45, 2.75) is 452 Å². The Morgan fingerprint density at radius 2 is 0.514 bits per heavy atom. The van der Waals surface area contributed by atoms with E-state index >= 15 is 0 Å². The van der Waals surface area contributed by atoms with Gasteiger partial charge in [-0.05, 0) is 63.2 Å². The minimum atomic E-state index is -4.97. The lowest BCUT2D eigenvalue weighted by Gasteiger charge is -2.21. The van der Waals surface area contributed by atoms with Crippen molar-refractivity contribution < 1.29 is 80.2 Å². The van der Waals surface area contributed by atoms with Crippen molar-refractivity contribution in [3.63, 3.8) is 0 Å². The predicted molar refractivity (Wildman–Crippen MR) is 432 cm³/mol. The molecule has 105 heavy (non-hydrogen) atoms. The van der Waals surface area contributed by atoms with Crippen LogP contribution in [-0.2, 0) is 65.4 Å². The van der Waals surface area contributed by atoms with Gasteiger partial charge < -0.3 is 33.8 Å². The van der Waals surface area contributed by atoms with Crippen molar-refractivity contribution in [2.24, 2.45) is 11.8 Å². The second kappa shape index (κ2) is 76.9. The largest absolute Gasteiger partial charge is 0.472 e. The number of phosphoric acid groups is 2. The van der Waals surface area contributed by atoms with Crippen LogP contribution in [0.4, 0.5) is 0 Å². The zero-order chi connectivity index (χ0) is 77.1. The van der Waals surface area contributed by atoms with Crippen molar-refractivity contribution in [3.8, 4) is 0 Å². The monoisotopic (exact) mass is 1530 g/mol. The molecular formula is C86H164O17P2. The van der Waals surface area contributed by atoms with Gasteiger partial charge in [0, 0.05) is 25.7 Å². The van der Waals surface area contributed by atoms with E-state index in [-0.39, 0.29) is 25.7 Å². The zero-order valence-corrected chi connectivity index (χ0v) is 70.3. The summed E-state index contributed by atoms with van der Waals surface area (Å²) in [5.41, 5.74) is 0. The first-order valence-corrected chi connectivity index (χ1v) is 46.8. The molecule has 0 aromatic rings. The topological polar surface area (TPSA) is 237 Å². The number of carbonyl (C=O) groups excluding carboxylic acids is 4. The van der Waals surface area contributed by atoms with E-state index < -0.39 is 97.5 Å². The first kappa shape index (κ1) is 103. The third-order valence-corrected chi connectivity index (χ3v) is 21.5. The van der Waals surface area contributed by atoms with E-state index in [1.165, 1.54) is 231 Å². The van der Waals surface area contributed by atoms with Crippen LogP contribution < -0.4 is 0 Å². The summed E-state index contributed by atoms with van der Waals surface area (Å²) in [6.45, 7) is 9.57. The molecule has 0 aliphatic carbocycles. The van der Waals surface area contributed by atoms with Gasteiger partial charge in [-0.25, -0.2) is 9.13 Å². The fourth-order valence-corrected chi connectivity index (χ4v) is 14.5. The molecule has 0 aromatic carbocycles. The second-order valence-electron chi connectivity index (χ2n) is 31.2. The van der Waals surface area contributed by atoms with E-state index in [9.17, 15) is 43.2 Å². The number of aliphatic hydroxyl groups is 1. The fourth-order valence-electron chi connectivity index (χ4n) is 12.9. The molecule has 0 bridgehead atoms. The van der Waals surface area contributed by atoms with Crippen molar-refractivity contribution in [1.82, 2.24) is 0 Å². The molecule has 0 aliphatic heterocycles. The molecular weight excluding hydrogens is 1370 g/mol. The van der Waals surface area contributed by atoms with Gasteiger partial charge in [0.2, 0.25) is 0 Å². The van der Waals surface area contributed by atoms with E-state index in [4.69, 9.17) is 37.0 Å². The Kier molecular flexibility index (Phi) is 75.1. The van der Waals surface area contributed by atoms with E-state index in [2.05, 4.69) is 65.8 Å². The number of allylic oxidation sites excluding steroid dienone is 4. The number of rotatable bonds is 83. The summed E-state index contributed by atoms with van der Waals surface area (Å²) in [6, 6.07) is 0. The highest BCUT2D eigenvalue weighted by Crippen LogP contribution is 2.45. The first-order valence-electron chi connectivity index (χ1n) is 43.8. The number of carbonyl (C=O) groups is 4. The number of ether oxygens (including phenoxy) is 4. The summed E-state index contributed by atoms with van der Waals surface area (Å²) in [6.07, 6.45) is 71.8. The second-order valence-corrected chi connectivity index (χ2v) is 34.1. The van der Waals surface area contributed by atoms with Gasteiger partial charge in [-0.3, -0.25) is 37.3 Å². The fraction of sp³-hybridized carbons (Fsp3) is 0.907. The van der Waals surface area contributed by atoms with Crippen LogP contribution in [0.5, 0.6) is 0 Å². The highest BCUT2D eigenvalue weighted by Gasteiger charge is 2.30. The Hall–Kier alpha value is -2.46. The summed E-state index contributed by atoms with van der Waals surface area (Å²) < 4.78 is 68.8. The molecule has 620 valence electrons. The molecule has 0 aromatic heterocycles. The number of phosphoric ester groups is 2. The molecule has 0 fully saturated rings. The Morgan fingerprint density at radius 3 is 0.781 bits per heavy atom. The SMILES string of the molecule is CCCCCC/C=C\C=C/CCCCCCCC(=O)O[C@H](COC(=O)CCCCCCCCCC(C)C)COP(=O)(O)OC[C@H](O)COP(=O)(O)OC[C@@H](COC(=O)CCCCCCCCCCCCCCCCCCCCC)OC(=O)CCCCCCCCCCCCCCCCCCCCC(C)C. The molecule has 17 nitrogen and oxygen atoms in total. The molecule has 0 spiro atoms. The average Bonchev–Trinajstić information content (AvgIpc) is 0.916. The molecule has 0 amide bonds. The van der Waals surface area contributed by atoms with Gasteiger partial charge in [0.25, 0.3) is 0 Å². The molecule has 2 unspecified atom stereocenters. The van der Waals surface area contributed by atoms with E-state index in [0.29, 0.717) is 31.6 Å². The molecule has 0 saturated carbocycles. The van der Waals surface area contributed by atoms with Crippen LogP contribution in [0.15, 0.2) is 24.3 Å². The predicted octanol–water partition coefficient (Wildman–Crippen LogP) is 25.8. The summed E-state index contributed by atoms with van der Waals surface area (Å²) >= 11 is 0. The van der Waals surface area contributed by atoms with Gasteiger partial charge in [-0.15, -0.1) is 0 Å². The van der Waals surface area contributed by atoms with Crippen LogP contribution in [0.25, 0.3) is 0 Å². The number of hydrogen-bond donors (Lipinski definition) is 3. The minimum absolute atomic E-state index is 0.0845. The highest BCUT2D eigenvalue weighted by molar-refractivity contribution is 7.47. The van der Waals surface area contributed by atoms with Crippen LogP contribution in [-0.4, -0.2) is 96.7 Å². The maximum atomic E-state index is 13.1. The van der Waals surface area contributed by atoms with E-state index in [1.807, 2.05) is 0 Å². The lowest BCUT2D eigenvalue weighted by molar-refractivity contribution is -0.161. The molecule has 0 saturated heterocycles. The summed E-state index contributed by atoms with van der Waals surface area (Å²) in [4.78, 5) is 73.2. The third kappa shape index (κ3) is 79.4. The Morgan fingerprint density at radius 1 is 0.295 bits per heavy atom. The highest BCUT2D eigenvalue weighted by atomic mass is 31.2. The molecule has 0 radical (unpaired) electrons. The molecule has 0 heterocycles. The molecule has 5 atom stereocenters.